The summed E-state index contributed by atoms with van der Waals surface area (Å²) in [6.07, 6.45) is 0. The standard InChI is InChI=1S/C19H14O4/c20-14-10-11-18(16(21)12-14)23-17-9-5-4-8-15(17)19(22)13-6-2-1-3-7-13/h1-12,20-21H. The Morgan fingerprint density at radius 1 is 0.783 bits per heavy atom. The van der Waals surface area contributed by atoms with Crippen LogP contribution in [0, 0.1) is 0 Å². The zero-order valence-corrected chi connectivity index (χ0v) is 12.1. The number of para-hydroxylation sites is 1. The third-order valence-electron chi connectivity index (χ3n) is 3.33. The first-order valence-corrected chi connectivity index (χ1v) is 7.04. The van der Waals surface area contributed by atoms with Gasteiger partial charge < -0.3 is 14.9 Å². The van der Waals surface area contributed by atoms with Gasteiger partial charge in [-0.05, 0) is 24.3 Å². The Morgan fingerprint density at radius 2 is 1.48 bits per heavy atom. The number of hydrogen-bond acceptors (Lipinski definition) is 4. The second kappa shape index (κ2) is 6.23. The van der Waals surface area contributed by atoms with Crippen LogP contribution in [-0.2, 0) is 0 Å². The van der Waals surface area contributed by atoms with Crippen LogP contribution in [0.4, 0.5) is 0 Å². The van der Waals surface area contributed by atoms with E-state index in [1.807, 2.05) is 6.07 Å². The fraction of sp³-hybridized carbons (Fsp3) is 0. The fourth-order valence-corrected chi connectivity index (χ4v) is 2.20. The van der Waals surface area contributed by atoms with E-state index in [4.69, 9.17) is 4.74 Å². The lowest BCUT2D eigenvalue weighted by molar-refractivity contribution is 0.103. The van der Waals surface area contributed by atoms with E-state index >= 15 is 0 Å². The summed E-state index contributed by atoms with van der Waals surface area (Å²) in [5, 5.41) is 19.2. The van der Waals surface area contributed by atoms with Crippen molar-refractivity contribution >= 4 is 5.78 Å². The van der Waals surface area contributed by atoms with Crippen LogP contribution in [0.1, 0.15) is 15.9 Å². The number of hydrogen-bond donors (Lipinski definition) is 2. The Morgan fingerprint density at radius 3 is 2.22 bits per heavy atom. The van der Waals surface area contributed by atoms with Crippen molar-refractivity contribution in [3.8, 4) is 23.0 Å². The number of phenols is 2. The predicted molar refractivity (Wildman–Crippen MR) is 86.2 cm³/mol. The number of carbonyl (C=O) groups excluding carboxylic acids is 1. The Labute approximate surface area is 133 Å². The summed E-state index contributed by atoms with van der Waals surface area (Å²) in [6.45, 7) is 0. The Balaban J connectivity index is 1.97. The van der Waals surface area contributed by atoms with Gasteiger partial charge in [-0.2, -0.15) is 0 Å². The van der Waals surface area contributed by atoms with E-state index in [0.29, 0.717) is 16.9 Å². The van der Waals surface area contributed by atoms with Crippen LogP contribution in [0.25, 0.3) is 0 Å². The first kappa shape index (κ1) is 14.7. The van der Waals surface area contributed by atoms with Crippen LogP contribution in [0.3, 0.4) is 0 Å². The SMILES string of the molecule is O=C(c1ccccc1)c1ccccc1Oc1ccc(O)cc1O. The van der Waals surface area contributed by atoms with Gasteiger partial charge in [-0.1, -0.05) is 42.5 Å². The molecule has 3 aromatic rings. The normalized spacial score (nSPS) is 10.3. The van der Waals surface area contributed by atoms with Crippen molar-refractivity contribution < 1.29 is 19.7 Å². The predicted octanol–water partition coefficient (Wildman–Crippen LogP) is 4.12. The smallest absolute Gasteiger partial charge is 0.196 e. The molecule has 3 aromatic carbocycles. The van der Waals surface area contributed by atoms with Gasteiger partial charge >= 0.3 is 0 Å². The van der Waals surface area contributed by atoms with Gasteiger partial charge in [0.25, 0.3) is 0 Å². The van der Waals surface area contributed by atoms with Gasteiger partial charge in [0.2, 0.25) is 0 Å². The second-order valence-corrected chi connectivity index (χ2v) is 4.95. The average molecular weight is 306 g/mol. The molecule has 0 bridgehead atoms. The maximum atomic E-state index is 12.6. The molecule has 0 aliphatic heterocycles. The van der Waals surface area contributed by atoms with Crippen molar-refractivity contribution in [3.63, 3.8) is 0 Å². The summed E-state index contributed by atoms with van der Waals surface area (Å²) in [7, 11) is 0. The zero-order chi connectivity index (χ0) is 16.2. The van der Waals surface area contributed by atoms with Crippen molar-refractivity contribution in [2.75, 3.05) is 0 Å². The van der Waals surface area contributed by atoms with Crippen LogP contribution in [0.15, 0.2) is 72.8 Å². The first-order valence-electron chi connectivity index (χ1n) is 7.04. The monoisotopic (exact) mass is 306 g/mol. The minimum absolute atomic E-state index is 0.0662. The molecule has 0 aromatic heterocycles. The van der Waals surface area contributed by atoms with E-state index in [2.05, 4.69) is 0 Å². The molecular formula is C19H14O4. The topological polar surface area (TPSA) is 66.8 Å². The molecule has 114 valence electrons. The molecule has 2 N–H and O–H groups in total. The molecule has 0 saturated heterocycles. The number of aromatic hydroxyl groups is 2. The van der Waals surface area contributed by atoms with Crippen LogP contribution < -0.4 is 4.74 Å². The summed E-state index contributed by atoms with van der Waals surface area (Å²) in [6, 6.07) is 19.7. The van der Waals surface area contributed by atoms with Crippen molar-refractivity contribution in [3.05, 3.63) is 83.9 Å². The highest BCUT2D eigenvalue weighted by atomic mass is 16.5. The molecule has 0 fully saturated rings. The number of ketones is 1. The van der Waals surface area contributed by atoms with Crippen molar-refractivity contribution in [2.45, 2.75) is 0 Å². The van der Waals surface area contributed by atoms with Gasteiger partial charge in [0.05, 0.1) is 5.56 Å². The van der Waals surface area contributed by atoms with E-state index < -0.39 is 0 Å². The number of carbonyl (C=O) groups is 1. The highest BCUT2D eigenvalue weighted by Gasteiger charge is 2.15. The summed E-state index contributed by atoms with van der Waals surface area (Å²) >= 11 is 0. The third-order valence-corrected chi connectivity index (χ3v) is 3.33. The largest absolute Gasteiger partial charge is 0.508 e. The highest BCUT2D eigenvalue weighted by Crippen LogP contribution is 2.35. The van der Waals surface area contributed by atoms with Crippen LogP contribution in [0.5, 0.6) is 23.0 Å². The molecule has 0 saturated carbocycles. The lowest BCUT2D eigenvalue weighted by atomic mass is 10.0. The van der Waals surface area contributed by atoms with Crippen LogP contribution in [0.2, 0.25) is 0 Å². The minimum Gasteiger partial charge on any atom is -0.508 e. The molecule has 3 rings (SSSR count). The van der Waals surface area contributed by atoms with E-state index in [9.17, 15) is 15.0 Å². The van der Waals surface area contributed by atoms with Crippen LogP contribution >= 0.6 is 0 Å². The Kier molecular flexibility index (Phi) is 3.97. The van der Waals surface area contributed by atoms with Crippen molar-refractivity contribution in [1.29, 1.82) is 0 Å². The van der Waals surface area contributed by atoms with E-state index in [0.717, 1.165) is 0 Å². The van der Waals surface area contributed by atoms with Gasteiger partial charge in [-0.15, -0.1) is 0 Å². The maximum absolute atomic E-state index is 12.6. The van der Waals surface area contributed by atoms with Crippen molar-refractivity contribution in [2.24, 2.45) is 0 Å². The van der Waals surface area contributed by atoms with Crippen molar-refractivity contribution in [1.82, 2.24) is 0 Å². The van der Waals surface area contributed by atoms with Gasteiger partial charge in [0.15, 0.2) is 17.3 Å². The van der Waals surface area contributed by atoms with Gasteiger partial charge in [-0.25, -0.2) is 0 Å². The van der Waals surface area contributed by atoms with E-state index in [1.165, 1.54) is 18.2 Å². The second-order valence-electron chi connectivity index (χ2n) is 4.95. The minimum atomic E-state index is -0.202. The maximum Gasteiger partial charge on any atom is 0.196 e. The number of phenolic OH excluding ortho intramolecular Hbond substituents is 2. The number of rotatable bonds is 4. The van der Waals surface area contributed by atoms with E-state index in [1.54, 1.807) is 48.5 Å². The quantitative estimate of drug-likeness (QED) is 0.711. The fourth-order valence-electron chi connectivity index (χ4n) is 2.20. The molecule has 4 heteroatoms. The molecule has 0 aliphatic rings. The third kappa shape index (κ3) is 3.16. The lowest BCUT2D eigenvalue weighted by Gasteiger charge is -2.11. The van der Waals surface area contributed by atoms with E-state index in [-0.39, 0.29) is 23.0 Å². The van der Waals surface area contributed by atoms with Gasteiger partial charge in [0, 0.05) is 11.6 Å². The molecular weight excluding hydrogens is 292 g/mol. The average Bonchev–Trinajstić information content (AvgIpc) is 2.58. The summed E-state index contributed by atoms with van der Waals surface area (Å²) < 4.78 is 5.66. The first-order chi connectivity index (χ1) is 11.1. The molecule has 0 radical (unpaired) electrons. The molecule has 0 atom stereocenters. The highest BCUT2D eigenvalue weighted by molar-refractivity contribution is 6.10. The molecule has 4 nitrogen and oxygen atoms in total. The molecule has 0 unspecified atom stereocenters. The Hall–Kier alpha value is -3.27. The lowest BCUT2D eigenvalue weighted by Crippen LogP contribution is -2.03. The Bertz CT molecular complexity index is 841. The molecule has 0 spiro atoms. The number of benzene rings is 3. The van der Waals surface area contributed by atoms with Gasteiger partial charge in [0.1, 0.15) is 11.5 Å². The summed E-state index contributed by atoms with van der Waals surface area (Å²) in [5.41, 5.74) is 0.949. The summed E-state index contributed by atoms with van der Waals surface area (Å²) in [4.78, 5) is 12.6. The molecule has 23 heavy (non-hydrogen) atoms. The molecule has 0 aliphatic carbocycles. The molecule has 0 heterocycles. The van der Waals surface area contributed by atoms with Crippen LogP contribution in [-0.4, -0.2) is 16.0 Å². The zero-order valence-electron chi connectivity index (χ0n) is 12.1. The summed E-state index contributed by atoms with van der Waals surface area (Å²) in [5.74, 6) is 0.0633. The number of ether oxygens (including phenoxy) is 1. The van der Waals surface area contributed by atoms with Gasteiger partial charge in [-0.3, -0.25) is 4.79 Å². The molecule has 0 amide bonds.